The lowest BCUT2D eigenvalue weighted by Crippen LogP contribution is -2.37. The summed E-state index contributed by atoms with van der Waals surface area (Å²) in [6, 6.07) is 2.13. The van der Waals surface area contributed by atoms with E-state index >= 15 is 0 Å². The van der Waals surface area contributed by atoms with Crippen molar-refractivity contribution >= 4 is 5.69 Å². The van der Waals surface area contributed by atoms with E-state index in [1.54, 1.807) is 0 Å². The molecule has 4 heteroatoms. The third-order valence-corrected chi connectivity index (χ3v) is 3.81. The molecule has 1 aromatic rings. The van der Waals surface area contributed by atoms with Crippen LogP contribution in [0.5, 0.6) is 0 Å². The Morgan fingerprint density at radius 1 is 1.35 bits per heavy atom. The Morgan fingerprint density at radius 3 is 2.85 bits per heavy atom. The van der Waals surface area contributed by atoms with E-state index in [1.165, 1.54) is 17.7 Å². The lowest BCUT2D eigenvalue weighted by molar-refractivity contribution is 0.0459. The molecule has 1 aliphatic rings. The molecule has 0 spiro atoms. The Morgan fingerprint density at radius 2 is 2.15 bits per heavy atom. The van der Waals surface area contributed by atoms with Gasteiger partial charge in [-0.25, -0.2) is 0 Å². The van der Waals surface area contributed by atoms with E-state index in [2.05, 4.69) is 35.1 Å². The van der Waals surface area contributed by atoms with E-state index in [0.29, 0.717) is 6.10 Å². The van der Waals surface area contributed by atoms with Crippen molar-refractivity contribution in [3.05, 3.63) is 24.0 Å². The van der Waals surface area contributed by atoms with Crippen LogP contribution in [0.3, 0.4) is 0 Å². The molecule has 2 heterocycles. The van der Waals surface area contributed by atoms with Crippen LogP contribution < -0.4 is 10.2 Å². The minimum Gasteiger partial charge on any atom is -0.378 e. The second-order valence-corrected chi connectivity index (χ2v) is 5.32. The van der Waals surface area contributed by atoms with Crippen LogP contribution in [0, 0.1) is 0 Å². The summed E-state index contributed by atoms with van der Waals surface area (Å²) in [5, 5.41) is 3.48. The Kier molecular flexibility index (Phi) is 6.27. The summed E-state index contributed by atoms with van der Waals surface area (Å²) in [4.78, 5) is 6.75. The molecule has 1 fully saturated rings. The van der Waals surface area contributed by atoms with Crippen LogP contribution in [0.25, 0.3) is 0 Å². The third-order valence-electron chi connectivity index (χ3n) is 3.81. The highest BCUT2D eigenvalue weighted by Gasteiger charge is 2.21. The largest absolute Gasteiger partial charge is 0.378 e. The van der Waals surface area contributed by atoms with Crippen molar-refractivity contribution < 1.29 is 4.74 Å². The zero-order valence-corrected chi connectivity index (χ0v) is 12.8. The third kappa shape index (κ3) is 4.18. The fourth-order valence-electron chi connectivity index (χ4n) is 2.75. The molecular weight excluding hydrogens is 250 g/mol. The number of anilines is 1. The van der Waals surface area contributed by atoms with Crippen LogP contribution in [-0.4, -0.2) is 37.3 Å². The summed E-state index contributed by atoms with van der Waals surface area (Å²) < 4.78 is 5.72. The highest BCUT2D eigenvalue weighted by atomic mass is 16.5. The number of aromatic nitrogens is 1. The van der Waals surface area contributed by atoms with E-state index in [9.17, 15) is 0 Å². The van der Waals surface area contributed by atoms with E-state index in [-0.39, 0.29) is 0 Å². The molecule has 1 N–H and O–H groups in total. The predicted octanol–water partition coefficient (Wildman–Crippen LogP) is 2.59. The van der Waals surface area contributed by atoms with E-state index in [0.717, 1.165) is 45.6 Å². The van der Waals surface area contributed by atoms with Gasteiger partial charge in [0.05, 0.1) is 18.0 Å². The maximum absolute atomic E-state index is 5.72. The van der Waals surface area contributed by atoms with E-state index in [1.807, 2.05) is 12.4 Å². The number of hydrogen-bond acceptors (Lipinski definition) is 4. The summed E-state index contributed by atoms with van der Waals surface area (Å²) in [6.45, 7) is 9.22. The minimum absolute atomic E-state index is 0.439. The normalized spacial score (nSPS) is 16.6. The molecule has 0 aromatic carbocycles. The monoisotopic (exact) mass is 277 g/mol. The van der Waals surface area contributed by atoms with Crippen LogP contribution in [0.4, 0.5) is 5.69 Å². The van der Waals surface area contributed by atoms with Crippen molar-refractivity contribution in [3.8, 4) is 0 Å². The molecule has 1 saturated heterocycles. The zero-order chi connectivity index (χ0) is 14.2. The van der Waals surface area contributed by atoms with E-state index < -0.39 is 0 Å². The number of rotatable bonds is 7. The molecule has 112 valence electrons. The van der Waals surface area contributed by atoms with E-state index in [4.69, 9.17) is 4.74 Å². The van der Waals surface area contributed by atoms with Gasteiger partial charge in [-0.3, -0.25) is 4.98 Å². The molecule has 0 saturated carbocycles. The summed E-state index contributed by atoms with van der Waals surface area (Å²) in [5.74, 6) is 0. The SMILES string of the molecule is CCCNCc1ccncc1N1CCC(OCC)CC1. The average molecular weight is 277 g/mol. The van der Waals surface area contributed by atoms with Gasteiger partial charge in [-0.1, -0.05) is 6.92 Å². The highest BCUT2D eigenvalue weighted by molar-refractivity contribution is 5.52. The highest BCUT2D eigenvalue weighted by Crippen LogP contribution is 2.24. The Hall–Kier alpha value is -1.13. The first-order chi connectivity index (χ1) is 9.85. The minimum atomic E-state index is 0.439. The molecule has 4 nitrogen and oxygen atoms in total. The van der Waals surface area contributed by atoms with Crippen molar-refractivity contribution in [1.29, 1.82) is 0 Å². The quantitative estimate of drug-likeness (QED) is 0.777. The molecule has 0 radical (unpaired) electrons. The van der Waals surface area contributed by atoms with Crippen LogP contribution in [-0.2, 0) is 11.3 Å². The Labute approximate surface area is 122 Å². The van der Waals surface area contributed by atoms with Gasteiger partial charge >= 0.3 is 0 Å². The Balaban J connectivity index is 1.95. The summed E-state index contributed by atoms with van der Waals surface area (Å²) >= 11 is 0. The molecule has 0 amide bonds. The maximum Gasteiger partial charge on any atom is 0.0608 e. The van der Waals surface area contributed by atoms with Gasteiger partial charge in [0.25, 0.3) is 0 Å². The molecule has 0 aliphatic carbocycles. The molecular formula is C16H27N3O. The standard InChI is InChI=1S/C16H27N3O/c1-3-8-17-12-14-5-9-18-13-16(14)19-10-6-15(7-11-19)20-4-2/h5,9,13,15,17H,3-4,6-8,10-12H2,1-2H3. The first-order valence-corrected chi connectivity index (χ1v) is 7.85. The molecule has 1 aromatic heterocycles. The van der Waals surface area contributed by atoms with Crippen molar-refractivity contribution in [3.63, 3.8) is 0 Å². The van der Waals surface area contributed by atoms with Gasteiger partial charge in [0.15, 0.2) is 0 Å². The van der Waals surface area contributed by atoms with Gasteiger partial charge in [-0.15, -0.1) is 0 Å². The topological polar surface area (TPSA) is 37.4 Å². The molecule has 20 heavy (non-hydrogen) atoms. The van der Waals surface area contributed by atoms with Crippen molar-refractivity contribution in [2.75, 3.05) is 31.1 Å². The molecule has 0 atom stereocenters. The van der Waals surface area contributed by atoms with Crippen molar-refractivity contribution in [2.45, 2.75) is 45.8 Å². The van der Waals surface area contributed by atoms with Gasteiger partial charge in [0, 0.05) is 32.4 Å². The van der Waals surface area contributed by atoms with Crippen molar-refractivity contribution in [2.24, 2.45) is 0 Å². The van der Waals surface area contributed by atoms with Crippen LogP contribution >= 0.6 is 0 Å². The first kappa shape index (κ1) is 15.3. The molecule has 2 rings (SSSR count). The fourth-order valence-corrected chi connectivity index (χ4v) is 2.75. The number of nitrogens with zero attached hydrogens (tertiary/aromatic N) is 2. The van der Waals surface area contributed by atoms with Gasteiger partial charge < -0.3 is 15.0 Å². The second kappa shape index (κ2) is 8.22. The average Bonchev–Trinajstić information content (AvgIpc) is 2.49. The summed E-state index contributed by atoms with van der Waals surface area (Å²) in [7, 11) is 0. The second-order valence-electron chi connectivity index (χ2n) is 5.32. The molecule has 0 bridgehead atoms. The summed E-state index contributed by atoms with van der Waals surface area (Å²) in [6.07, 6.45) is 7.73. The van der Waals surface area contributed by atoms with Crippen molar-refractivity contribution in [1.82, 2.24) is 10.3 Å². The van der Waals surface area contributed by atoms with Gasteiger partial charge in [0.1, 0.15) is 0 Å². The lowest BCUT2D eigenvalue weighted by atomic mass is 10.1. The fraction of sp³-hybridized carbons (Fsp3) is 0.688. The Bertz CT molecular complexity index is 389. The van der Waals surface area contributed by atoms with Crippen LogP contribution in [0.15, 0.2) is 18.5 Å². The molecule has 1 aliphatic heterocycles. The molecule has 0 unspecified atom stereocenters. The zero-order valence-electron chi connectivity index (χ0n) is 12.8. The maximum atomic E-state index is 5.72. The van der Waals surface area contributed by atoms with Gasteiger partial charge in [-0.2, -0.15) is 0 Å². The summed E-state index contributed by atoms with van der Waals surface area (Å²) in [5.41, 5.74) is 2.63. The van der Waals surface area contributed by atoms with Crippen LogP contribution in [0.2, 0.25) is 0 Å². The smallest absolute Gasteiger partial charge is 0.0608 e. The number of ether oxygens (including phenoxy) is 1. The number of hydrogen-bond donors (Lipinski definition) is 1. The van der Waals surface area contributed by atoms with Crippen LogP contribution in [0.1, 0.15) is 38.7 Å². The predicted molar refractivity (Wildman–Crippen MR) is 83.1 cm³/mol. The number of piperidine rings is 1. The first-order valence-electron chi connectivity index (χ1n) is 7.85. The van der Waals surface area contributed by atoms with Gasteiger partial charge in [0.2, 0.25) is 0 Å². The lowest BCUT2D eigenvalue weighted by Gasteiger charge is -2.34. The number of pyridine rings is 1. The van der Waals surface area contributed by atoms with Gasteiger partial charge in [-0.05, 0) is 44.4 Å². The number of nitrogens with one attached hydrogen (secondary N) is 1.